The summed E-state index contributed by atoms with van der Waals surface area (Å²) in [7, 11) is 1.89. The van der Waals surface area contributed by atoms with Crippen molar-refractivity contribution in [1.82, 2.24) is 20.0 Å². The molecule has 3 rings (SSSR count). The van der Waals surface area contributed by atoms with Crippen molar-refractivity contribution in [2.75, 3.05) is 26.7 Å². The maximum atomic E-state index is 13.8. The predicted octanol–water partition coefficient (Wildman–Crippen LogP) is 3.66. The number of hydrogen-bond donors (Lipinski definition) is 1. The lowest BCUT2D eigenvalue weighted by Gasteiger charge is -2.32. The number of alkyl halides is 3. The van der Waals surface area contributed by atoms with Crippen molar-refractivity contribution in [3.8, 4) is 5.69 Å². The third kappa shape index (κ3) is 4.38. The number of aromatic nitrogens is 2. The lowest BCUT2D eigenvalue weighted by molar-refractivity contribution is -0.143. The van der Waals surface area contributed by atoms with E-state index in [1.807, 2.05) is 7.05 Å². The van der Waals surface area contributed by atoms with Gasteiger partial charge in [-0.2, -0.15) is 18.3 Å². The monoisotopic (exact) mass is 394 g/mol. The van der Waals surface area contributed by atoms with Gasteiger partial charge in [-0.25, -0.2) is 4.68 Å². The molecule has 0 saturated carbocycles. The van der Waals surface area contributed by atoms with Crippen LogP contribution in [0, 0.1) is 12.8 Å². The van der Waals surface area contributed by atoms with Gasteiger partial charge in [0.2, 0.25) is 0 Å². The molecule has 2 heterocycles. The summed E-state index contributed by atoms with van der Waals surface area (Å²) in [6.45, 7) is 3.64. The van der Waals surface area contributed by atoms with Crippen molar-refractivity contribution in [1.29, 1.82) is 0 Å². The molecular weight excluding hydrogens is 369 g/mol. The minimum Gasteiger partial charge on any atom is -0.339 e. The molecule has 8 heteroatoms. The molecule has 0 atom stereocenters. The number of carbonyl (C=O) groups is 1. The summed E-state index contributed by atoms with van der Waals surface area (Å²) in [6, 6.07) is 6.63. The van der Waals surface area contributed by atoms with Gasteiger partial charge in [-0.05, 0) is 63.4 Å². The van der Waals surface area contributed by atoms with Crippen LogP contribution in [0.25, 0.3) is 5.69 Å². The first kappa shape index (κ1) is 20.4. The van der Waals surface area contributed by atoms with Gasteiger partial charge in [-0.1, -0.05) is 12.1 Å². The topological polar surface area (TPSA) is 50.2 Å². The van der Waals surface area contributed by atoms with E-state index in [1.54, 1.807) is 31.2 Å². The normalized spacial score (nSPS) is 15.8. The van der Waals surface area contributed by atoms with Crippen LogP contribution >= 0.6 is 0 Å². The van der Waals surface area contributed by atoms with E-state index in [0.717, 1.165) is 42.2 Å². The molecule has 1 amide bonds. The highest BCUT2D eigenvalue weighted by Crippen LogP contribution is 2.35. The fourth-order valence-electron chi connectivity index (χ4n) is 3.68. The van der Waals surface area contributed by atoms with Gasteiger partial charge in [0.05, 0.1) is 17.4 Å². The van der Waals surface area contributed by atoms with Crippen molar-refractivity contribution < 1.29 is 18.0 Å². The highest BCUT2D eigenvalue weighted by molar-refractivity contribution is 5.95. The Morgan fingerprint density at radius 2 is 2.00 bits per heavy atom. The number of amides is 1. The molecule has 2 aromatic rings. The SMILES string of the molecule is CNCCC1CCN(C(=O)c2cnn(-c3cccc(C)c3)c2C(F)(F)F)CC1. The fourth-order valence-corrected chi connectivity index (χ4v) is 3.68. The zero-order valence-electron chi connectivity index (χ0n) is 16.1. The van der Waals surface area contributed by atoms with Gasteiger partial charge in [0.1, 0.15) is 0 Å². The van der Waals surface area contributed by atoms with E-state index in [-0.39, 0.29) is 11.3 Å². The molecule has 1 aromatic carbocycles. The summed E-state index contributed by atoms with van der Waals surface area (Å²) in [4.78, 5) is 14.4. The third-order valence-corrected chi connectivity index (χ3v) is 5.22. The second-order valence-electron chi connectivity index (χ2n) is 7.28. The molecule has 1 aromatic heterocycles. The van der Waals surface area contributed by atoms with Crippen LogP contribution in [0.3, 0.4) is 0 Å². The third-order valence-electron chi connectivity index (χ3n) is 5.22. The molecule has 152 valence electrons. The number of halogens is 3. The van der Waals surface area contributed by atoms with Crippen LogP contribution in [0.5, 0.6) is 0 Å². The van der Waals surface area contributed by atoms with Gasteiger partial charge in [-0.15, -0.1) is 0 Å². The number of aryl methyl sites for hydroxylation is 1. The summed E-state index contributed by atoms with van der Waals surface area (Å²) in [5.41, 5.74) is -0.294. The van der Waals surface area contributed by atoms with Crippen LogP contribution in [0.15, 0.2) is 30.5 Å². The molecule has 0 spiro atoms. The van der Waals surface area contributed by atoms with Crippen LogP contribution in [-0.2, 0) is 6.18 Å². The average Bonchev–Trinajstić information content (AvgIpc) is 3.12. The number of hydrogen-bond acceptors (Lipinski definition) is 3. The summed E-state index contributed by atoms with van der Waals surface area (Å²) in [5, 5.41) is 7.01. The van der Waals surface area contributed by atoms with Gasteiger partial charge < -0.3 is 10.2 Å². The number of nitrogens with zero attached hydrogens (tertiary/aromatic N) is 3. The molecule has 0 bridgehead atoms. The van der Waals surface area contributed by atoms with E-state index in [1.165, 1.54) is 4.90 Å². The Kier molecular flexibility index (Phi) is 6.07. The lowest BCUT2D eigenvalue weighted by atomic mass is 9.93. The molecule has 1 aliphatic heterocycles. The van der Waals surface area contributed by atoms with E-state index in [4.69, 9.17) is 0 Å². The molecule has 1 saturated heterocycles. The Balaban J connectivity index is 1.85. The van der Waals surface area contributed by atoms with Gasteiger partial charge in [0.25, 0.3) is 5.91 Å². The van der Waals surface area contributed by atoms with Gasteiger partial charge in [-0.3, -0.25) is 4.79 Å². The lowest BCUT2D eigenvalue weighted by Crippen LogP contribution is -2.39. The van der Waals surface area contributed by atoms with Gasteiger partial charge in [0.15, 0.2) is 5.69 Å². The van der Waals surface area contributed by atoms with E-state index in [0.29, 0.717) is 19.0 Å². The summed E-state index contributed by atoms with van der Waals surface area (Å²) in [5.74, 6) is -0.105. The first-order valence-electron chi connectivity index (χ1n) is 9.47. The summed E-state index contributed by atoms with van der Waals surface area (Å²) < 4.78 is 42.3. The Morgan fingerprint density at radius 1 is 1.29 bits per heavy atom. The number of nitrogens with one attached hydrogen (secondary N) is 1. The standard InChI is InChI=1S/C20H25F3N4O/c1-14-4-3-5-16(12-14)27-18(20(21,22)23)17(13-25-27)19(28)26-10-7-15(8-11-26)6-9-24-2/h3-5,12-13,15,24H,6-11H2,1-2H3. The van der Waals surface area contributed by atoms with E-state index in [2.05, 4.69) is 10.4 Å². The molecule has 1 aliphatic rings. The second-order valence-corrected chi connectivity index (χ2v) is 7.28. The maximum absolute atomic E-state index is 13.8. The molecule has 0 aliphatic carbocycles. The maximum Gasteiger partial charge on any atom is 0.434 e. The highest BCUT2D eigenvalue weighted by Gasteiger charge is 2.41. The molecule has 28 heavy (non-hydrogen) atoms. The van der Waals surface area contributed by atoms with E-state index in [9.17, 15) is 18.0 Å². The van der Waals surface area contributed by atoms with E-state index >= 15 is 0 Å². The predicted molar refractivity (Wildman–Crippen MR) is 100 cm³/mol. The molecule has 0 radical (unpaired) electrons. The van der Waals surface area contributed by atoms with Crippen molar-refractivity contribution in [2.24, 2.45) is 5.92 Å². The fraction of sp³-hybridized carbons (Fsp3) is 0.500. The van der Waals surface area contributed by atoms with Crippen LogP contribution in [0.1, 0.15) is 40.9 Å². The van der Waals surface area contributed by atoms with Crippen LogP contribution < -0.4 is 5.32 Å². The second kappa shape index (κ2) is 8.34. The number of piperidine rings is 1. The highest BCUT2D eigenvalue weighted by atomic mass is 19.4. The molecule has 5 nitrogen and oxygen atoms in total. The number of benzene rings is 1. The molecule has 1 N–H and O–H groups in total. The zero-order chi connectivity index (χ0) is 20.3. The van der Waals surface area contributed by atoms with Gasteiger partial charge >= 0.3 is 6.18 Å². The Bertz CT molecular complexity index is 823. The van der Waals surface area contributed by atoms with E-state index < -0.39 is 17.8 Å². The Hall–Kier alpha value is -2.35. The minimum atomic E-state index is -4.68. The number of carbonyl (C=O) groups excluding carboxylic acids is 1. The van der Waals surface area contributed by atoms with Crippen molar-refractivity contribution >= 4 is 5.91 Å². The van der Waals surface area contributed by atoms with Crippen molar-refractivity contribution in [3.05, 3.63) is 47.3 Å². The first-order valence-corrected chi connectivity index (χ1v) is 9.47. The van der Waals surface area contributed by atoms with Crippen LogP contribution in [0.2, 0.25) is 0 Å². The molecule has 0 unspecified atom stereocenters. The van der Waals surface area contributed by atoms with Crippen LogP contribution in [0.4, 0.5) is 13.2 Å². The smallest absolute Gasteiger partial charge is 0.339 e. The number of likely N-dealkylation sites (tertiary alicyclic amines) is 1. The molecule has 1 fully saturated rings. The largest absolute Gasteiger partial charge is 0.434 e. The Morgan fingerprint density at radius 3 is 2.61 bits per heavy atom. The Labute approximate surface area is 162 Å². The summed E-state index contributed by atoms with van der Waals surface area (Å²) >= 11 is 0. The summed E-state index contributed by atoms with van der Waals surface area (Å²) in [6.07, 6.45) is -1.02. The minimum absolute atomic E-state index is 0.289. The van der Waals surface area contributed by atoms with Crippen molar-refractivity contribution in [3.63, 3.8) is 0 Å². The van der Waals surface area contributed by atoms with Crippen LogP contribution in [-0.4, -0.2) is 47.3 Å². The quantitative estimate of drug-likeness (QED) is 0.842. The first-order chi connectivity index (χ1) is 13.3. The molecular formula is C20H25F3N4O. The number of rotatable bonds is 5. The zero-order valence-corrected chi connectivity index (χ0v) is 16.1. The average molecular weight is 394 g/mol. The van der Waals surface area contributed by atoms with Crippen molar-refractivity contribution in [2.45, 2.75) is 32.4 Å². The van der Waals surface area contributed by atoms with Gasteiger partial charge in [0, 0.05) is 13.1 Å².